The number of ether oxygens (including phenoxy) is 4. The van der Waals surface area contributed by atoms with Gasteiger partial charge in [-0.05, 0) is 30.3 Å². The number of methoxy groups -OCH3 is 4. The number of hydrogen-bond acceptors (Lipinski definition) is 10. The van der Waals surface area contributed by atoms with Crippen molar-refractivity contribution < 1.29 is 28.7 Å². The first kappa shape index (κ1) is 25.5. The lowest BCUT2D eigenvalue weighted by Crippen LogP contribution is -2.49. The molecule has 3 aromatic rings. The highest BCUT2D eigenvalue weighted by molar-refractivity contribution is 5.99. The lowest BCUT2D eigenvalue weighted by Gasteiger charge is -2.35. The first-order chi connectivity index (χ1) is 17.9. The van der Waals surface area contributed by atoms with Gasteiger partial charge in [0.1, 0.15) is 17.1 Å². The van der Waals surface area contributed by atoms with Crippen LogP contribution < -0.4 is 23.8 Å². The Hall–Kier alpha value is -4.61. The van der Waals surface area contributed by atoms with Crippen LogP contribution in [0.5, 0.6) is 23.0 Å². The Morgan fingerprint density at radius 2 is 1.51 bits per heavy atom. The van der Waals surface area contributed by atoms with Crippen LogP contribution in [-0.2, 0) is 0 Å². The van der Waals surface area contributed by atoms with Crippen LogP contribution in [0.2, 0.25) is 0 Å². The number of nitrogens with zero attached hydrogens (tertiary/aromatic N) is 5. The zero-order valence-electron chi connectivity index (χ0n) is 21.0. The number of nitro groups is 1. The van der Waals surface area contributed by atoms with Crippen LogP contribution >= 0.6 is 0 Å². The van der Waals surface area contributed by atoms with Crippen molar-refractivity contribution in [2.75, 3.05) is 59.5 Å². The summed E-state index contributed by atoms with van der Waals surface area (Å²) in [6, 6.07) is 11.7. The molecule has 37 heavy (non-hydrogen) atoms. The quantitative estimate of drug-likeness (QED) is 0.330. The standard InChI is InChI=1S/C25H27N5O7/c1-34-16-5-7-21(35-2)17(13-16)19-6-8-24(27-26-19)28-9-11-29(12-10-28)25(31)18-14-22(36-3)23(37-4)15-20(18)30(32)33/h5-8,13-15H,9-12H2,1-4H3. The summed E-state index contributed by atoms with van der Waals surface area (Å²) in [6.07, 6.45) is 0. The topological polar surface area (TPSA) is 129 Å². The van der Waals surface area contributed by atoms with Crippen molar-refractivity contribution in [3.05, 3.63) is 58.1 Å². The number of rotatable bonds is 8. The smallest absolute Gasteiger partial charge is 0.286 e. The predicted molar refractivity (Wildman–Crippen MR) is 135 cm³/mol. The van der Waals surface area contributed by atoms with Gasteiger partial charge in [-0.15, -0.1) is 10.2 Å². The van der Waals surface area contributed by atoms with Crippen molar-refractivity contribution in [1.82, 2.24) is 15.1 Å². The Balaban J connectivity index is 1.48. The lowest BCUT2D eigenvalue weighted by atomic mass is 10.1. The van der Waals surface area contributed by atoms with Gasteiger partial charge in [0.15, 0.2) is 17.3 Å². The highest BCUT2D eigenvalue weighted by Crippen LogP contribution is 2.35. The van der Waals surface area contributed by atoms with Gasteiger partial charge >= 0.3 is 0 Å². The van der Waals surface area contributed by atoms with Crippen LogP contribution in [0.4, 0.5) is 11.5 Å². The van der Waals surface area contributed by atoms with E-state index in [0.29, 0.717) is 49.2 Å². The number of anilines is 1. The largest absolute Gasteiger partial charge is 0.497 e. The Morgan fingerprint density at radius 1 is 0.838 bits per heavy atom. The van der Waals surface area contributed by atoms with Gasteiger partial charge in [-0.2, -0.15) is 0 Å². The van der Waals surface area contributed by atoms with Crippen molar-refractivity contribution >= 4 is 17.4 Å². The summed E-state index contributed by atoms with van der Waals surface area (Å²) in [7, 11) is 5.97. The monoisotopic (exact) mass is 509 g/mol. The molecule has 12 nitrogen and oxygen atoms in total. The van der Waals surface area contributed by atoms with Crippen LogP contribution in [0.3, 0.4) is 0 Å². The average Bonchev–Trinajstić information content (AvgIpc) is 2.95. The molecular weight excluding hydrogens is 482 g/mol. The highest BCUT2D eigenvalue weighted by atomic mass is 16.6. The first-order valence-corrected chi connectivity index (χ1v) is 11.4. The van der Waals surface area contributed by atoms with E-state index in [9.17, 15) is 14.9 Å². The van der Waals surface area contributed by atoms with Crippen molar-refractivity contribution in [3.8, 4) is 34.3 Å². The molecule has 1 fully saturated rings. The van der Waals surface area contributed by atoms with Crippen molar-refractivity contribution in [1.29, 1.82) is 0 Å². The minimum absolute atomic E-state index is 0.0486. The third-order valence-corrected chi connectivity index (χ3v) is 6.15. The molecule has 0 N–H and O–H groups in total. The number of aromatic nitrogens is 2. The Labute approximate surface area is 213 Å². The van der Waals surface area contributed by atoms with E-state index in [1.54, 1.807) is 19.1 Å². The number of hydrogen-bond donors (Lipinski definition) is 0. The van der Waals surface area contributed by atoms with Crippen LogP contribution in [0.1, 0.15) is 10.4 Å². The van der Waals surface area contributed by atoms with Crippen LogP contribution in [-0.4, -0.2) is 80.5 Å². The van der Waals surface area contributed by atoms with Gasteiger partial charge < -0.3 is 28.7 Å². The van der Waals surface area contributed by atoms with E-state index in [-0.39, 0.29) is 22.7 Å². The molecule has 1 aliphatic rings. The maximum absolute atomic E-state index is 13.2. The molecule has 2 heterocycles. The second kappa shape index (κ2) is 11.0. The molecule has 4 rings (SSSR count). The molecule has 0 spiro atoms. The molecular formula is C25H27N5O7. The highest BCUT2D eigenvalue weighted by Gasteiger charge is 2.30. The number of piperazine rings is 1. The molecule has 1 aromatic heterocycles. The third-order valence-electron chi connectivity index (χ3n) is 6.15. The fourth-order valence-electron chi connectivity index (χ4n) is 4.15. The van der Waals surface area contributed by atoms with Crippen molar-refractivity contribution in [2.24, 2.45) is 0 Å². The second-order valence-electron chi connectivity index (χ2n) is 8.10. The van der Waals surface area contributed by atoms with E-state index in [1.165, 1.54) is 26.4 Å². The fraction of sp³-hybridized carbons (Fsp3) is 0.320. The van der Waals surface area contributed by atoms with E-state index in [4.69, 9.17) is 18.9 Å². The summed E-state index contributed by atoms with van der Waals surface area (Å²) in [6.45, 7) is 1.70. The molecule has 1 amide bonds. The summed E-state index contributed by atoms with van der Waals surface area (Å²) < 4.78 is 21.1. The number of nitro benzene ring substituents is 1. The first-order valence-electron chi connectivity index (χ1n) is 11.4. The second-order valence-corrected chi connectivity index (χ2v) is 8.10. The number of amides is 1. The minimum Gasteiger partial charge on any atom is -0.497 e. The van der Waals surface area contributed by atoms with Crippen LogP contribution in [0.15, 0.2) is 42.5 Å². The lowest BCUT2D eigenvalue weighted by molar-refractivity contribution is -0.385. The summed E-state index contributed by atoms with van der Waals surface area (Å²) in [5, 5.41) is 20.4. The summed E-state index contributed by atoms with van der Waals surface area (Å²) in [5.74, 6) is 1.98. The Bertz CT molecular complexity index is 1290. The molecule has 0 aliphatic carbocycles. The zero-order chi connectivity index (χ0) is 26.5. The summed E-state index contributed by atoms with van der Waals surface area (Å²) in [4.78, 5) is 27.8. The number of benzene rings is 2. The Morgan fingerprint density at radius 3 is 2.08 bits per heavy atom. The zero-order valence-corrected chi connectivity index (χ0v) is 21.0. The van der Waals surface area contributed by atoms with Gasteiger partial charge in [0.25, 0.3) is 11.6 Å². The average molecular weight is 510 g/mol. The molecule has 12 heteroatoms. The molecule has 1 saturated heterocycles. The van der Waals surface area contributed by atoms with Gasteiger partial charge in [0.2, 0.25) is 0 Å². The molecule has 0 bridgehead atoms. The van der Waals surface area contributed by atoms with E-state index >= 15 is 0 Å². The molecule has 0 atom stereocenters. The summed E-state index contributed by atoms with van der Waals surface area (Å²) in [5.41, 5.74) is 1.01. The summed E-state index contributed by atoms with van der Waals surface area (Å²) >= 11 is 0. The van der Waals surface area contributed by atoms with E-state index in [1.807, 2.05) is 35.2 Å². The van der Waals surface area contributed by atoms with Gasteiger partial charge in [-0.3, -0.25) is 14.9 Å². The maximum atomic E-state index is 13.2. The number of carbonyl (C=O) groups excluding carboxylic acids is 1. The Kier molecular flexibility index (Phi) is 7.56. The van der Waals surface area contributed by atoms with Gasteiger partial charge in [0.05, 0.1) is 45.1 Å². The van der Waals surface area contributed by atoms with E-state index in [2.05, 4.69) is 10.2 Å². The van der Waals surface area contributed by atoms with Crippen molar-refractivity contribution in [3.63, 3.8) is 0 Å². The normalized spacial score (nSPS) is 13.2. The van der Waals surface area contributed by atoms with Gasteiger partial charge in [-0.25, -0.2) is 0 Å². The third kappa shape index (κ3) is 5.17. The molecule has 0 unspecified atom stereocenters. The van der Waals surface area contributed by atoms with E-state index in [0.717, 1.165) is 5.56 Å². The minimum atomic E-state index is -0.597. The fourth-order valence-corrected chi connectivity index (χ4v) is 4.15. The van der Waals surface area contributed by atoms with Gasteiger partial charge in [-0.1, -0.05) is 0 Å². The SMILES string of the molecule is COc1ccc(OC)c(-c2ccc(N3CCN(C(=O)c4cc(OC)c(OC)cc4[N+](=O)[O-])CC3)nn2)c1. The molecule has 194 valence electrons. The molecule has 2 aromatic carbocycles. The molecule has 1 aliphatic heterocycles. The molecule has 0 saturated carbocycles. The molecule has 0 radical (unpaired) electrons. The van der Waals surface area contributed by atoms with E-state index < -0.39 is 10.8 Å². The maximum Gasteiger partial charge on any atom is 0.286 e. The number of carbonyl (C=O) groups is 1. The predicted octanol–water partition coefficient (Wildman–Crippen LogP) is 3.05. The van der Waals surface area contributed by atoms with Gasteiger partial charge in [0, 0.05) is 37.8 Å². The van der Waals surface area contributed by atoms with Crippen molar-refractivity contribution in [2.45, 2.75) is 0 Å². The van der Waals surface area contributed by atoms with Crippen LogP contribution in [0.25, 0.3) is 11.3 Å². The van der Waals surface area contributed by atoms with Crippen LogP contribution in [0, 0.1) is 10.1 Å².